The fourth-order valence-electron chi connectivity index (χ4n) is 3.59. The predicted molar refractivity (Wildman–Crippen MR) is 136 cm³/mol. The largest absolute Gasteiger partial charge is 0.396 e. The molecule has 2 aromatic rings. The Morgan fingerprint density at radius 3 is 2.71 bits per heavy atom. The highest BCUT2D eigenvalue weighted by molar-refractivity contribution is 7.09. The Hall–Kier alpha value is -2.69. The molecule has 0 saturated carbocycles. The number of carbonyl (C=O) groups is 2. The van der Waals surface area contributed by atoms with Gasteiger partial charge >= 0.3 is 6.03 Å². The van der Waals surface area contributed by atoms with Crippen molar-refractivity contribution in [3.8, 4) is 0 Å². The minimum atomic E-state index is -0.314. The third-order valence-corrected chi connectivity index (χ3v) is 6.66. The average molecular weight is 489 g/mol. The molecular weight excluding hydrogens is 452 g/mol. The lowest BCUT2D eigenvalue weighted by Crippen LogP contribution is -2.44. The van der Waals surface area contributed by atoms with E-state index in [1.165, 1.54) is 11.3 Å². The summed E-state index contributed by atoms with van der Waals surface area (Å²) in [6, 6.07) is 3.56. The third-order valence-electron chi connectivity index (χ3n) is 5.90. The fraction of sp³-hybridized carbons (Fsp3) is 0.542. The van der Waals surface area contributed by atoms with Crippen LogP contribution in [0.4, 0.5) is 16.2 Å². The van der Waals surface area contributed by atoms with E-state index in [1.54, 1.807) is 23.0 Å². The van der Waals surface area contributed by atoms with Crippen LogP contribution in [-0.2, 0) is 11.3 Å². The molecule has 2 aromatic heterocycles. The lowest BCUT2D eigenvalue weighted by atomic mass is 10.2. The summed E-state index contributed by atoms with van der Waals surface area (Å²) in [7, 11) is 0. The molecule has 1 fully saturated rings. The molecule has 3 amide bonds. The zero-order valence-electron chi connectivity index (χ0n) is 20.1. The van der Waals surface area contributed by atoms with E-state index in [-0.39, 0.29) is 18.0 Å². The van der Waals surface area contributed by atoms with Crippen molar-refractivity contribution < 1.29 is 14.3 Å². The Kier molecular flexibility index (Phi) is 10.1. The summed E-state index contributed by atoms with van der Waals surface area (Å²) in [5.74, 6) is -0.314. The van der Waals surface area contributed by atoms with E-state index in [0.29, 0.717) is 30.2 Å². The van der Waals surface area contributed by atoms with Crippen molar-refractivity contribution in [3.05, 3.63) is 40.3 Å². The van der Waals surface area contributed by atoms with Gasteiger partial charge in [0.15, 0.2) is 0 Å². The molecule has 4 N–H and O–H groups in total. The van der Waals surface area contributed by atoms with Crippen LogP contribution in [0.2, 0.25) is 0 Å². The van der Waals surface area contributed by atoms with E-state index in [4.69, 9.17) is 10.5 Å². The standard InChI is InChI=1S/C24H36N6O3S/c1-3-18(2)27-24(32)30(9-5-4-8-29-10-12-33-13-11-29)15-19-6-7-21(26-14-19)23(31)28-22-17-34-16-20(22)25/h6-7,14,16-18H,3-5,8-13,15,25H2,1-2H3,(H,27,32)(H,28,31). The van der Waals surface area contributed by atoms with Gasteiger partial charge in [0.2, 0.25) is 0 Å². The normalized spacial score (nSPS) is 15.0. The molecule has 0 radical (unpaired) electrons. The number of hydrogen-bond acceptors (Lipinski definition) is 7. The molecule has 0 spiro atoms. The lowest BCUT2D eigenvalue weighted by molar-refractivity contribution is 0.0369. The number of anilines is 2. The molecule has 0 bridgehead atoms. The molecule has 1 atom stereocenters. The molecule has 0 aromatic carbocycles. The molecule has 1 unspecified atom stereocenters. The highest BCUT2D eigenvalue weighted by Gasteiger charge is 2.17. The lowest BCUT2D eigenvalue weighted by Gasteiger charge is -2.28. The Morgan fingerprint density at radius 2 is 2.06 bits per heavy atom. The molecule has 3 heterocycles. The monoisotopic (exact) mass is 488 g/mol. The van der Waals surface area contributed by atoms with E-state index in [0.717, 1.165) is 57.7 Å². The fourth-order valence-corrected chi connectivity index (χ4v) is 4.26. The van der Waals surface area contributed by atoms with Gasteiger partial charge in [0, 0.05) is 49.2 Å². The number of ether oxygens (including phenoxy) is 1. The maximum absolute atomic E-state index is 12.9. The highest BCUT2D eigenvalue weighted by Crippen LogP contribution is 2.23. The zero-order chi connectivity index (χ0) is 24.3. The van der Waals surface area contributed by atoms with Crippen molar-refractivity contribution in [2.75, 3.05) is 50.4 Å². The van der Waals surface area contributed by atoms with Gasteiger partial charge in [-0.2, -0.15) is 0 Å². The molecule has 1 aliphatic heterocycles. The summed E-state index contributed by atoms with van der Waals surface area (Å²) in [5, 5.41) is 9.39. The number of carbonyl (C=O) groups excluding carboxylic acids is 2. The Labute approximate surface area is 205 Å². The molecule has 34 heavy (non-hydrogen) atoms. The summed E-state index contributed by atoms with van der Waals surface area (Å²) in [4.78, 5) is 33.9. The van der Waals surface area contributed by atoms with Gasteiger partial charge in [-0.1, -0.05) is 13.0 Å². The zero-order valence-corrected chi connectivity index (χ0v) is 20.9. The number of nitrogens with two attached hydrogens (primary N) is 1. The summed E-state index contributed by atoms with van der Waals surface area (Å²) in [6.07, 6.45) is 4.47. The number of nitrogen functional groups attached to an aromatic ring is 1. The van der Waals surface area contributed by atoms with E-state index < -0.39 is 0 Å². The summed E-state index contributed by atoms with van der Waals surface area (Å²) in [5.41, 5.74) is 8.13. The van der Waals surface area contributed by atoms with Crippen molar-refractivity contribution in [2.24, 2.45) is 0 Å². The van der Waals surface area contributed by atoms with Crippen molar-refractivity contribution >= 4 is 34.6 Å². The molecule has 9 nitrogen and oxygen atoms in total. The highest BCUT2D eigenvalue weighted by atomic mass is 32.1. The first-order chi connectivity index (χ1) is 16.5. The number of pyridine rings is 1. The smallest absolute Gasteiger partial charge is 0.317 e. The maximum Gasteiger partial charge on any atom is 0.317 e. The summed E-state index contributed by atoms with van der Waals surface area (Å²) >= 11 is 1.43. The molecule has 186 valence electrons. The molecule has 1 aliphatic rings. The molecular formula is C24H36N6O3S. The molecule has 3 rings (SSSR count). The van der Waals surface area contributed by atoms with Crippen LogP contribution in [-0.4, -0.2) is 72.2 Å². The summed E-state index contributed by atoms with van der Waals surface area (Å²) in [6.45, 7) is 9.71. The Morgan fingerprint density at radius 1 is 1.26 bits per heavy atom. The van der Waals surface area contributed by atoms with Crippen molar-refractivity contribution in [2.45, 2.75) is 45.7 Å². The second-order valence-electron chi connectivity index (χ2n) is 8.59. The number of nitrogens with zero attached hydrogens (tertiary/aromatic N) is 3. The van der Waals surface area contributed by atoms with Gasteiger partial charge in [0.25, 0.3) is 5.91 Å². The van der Waals surface area contributed by atoms with Gasteiger partial charge in [-0.3, -0.25) is 14.7 Å². The van der Waals surface area contributed by atoms with Gasteiger partial charge in [-0.05, 0) is 44.4 Å². The van der Waals surface area contributed by atoms with Crippen LogP contribution >= 0.6 is 11.3 Å². The van der Waals surface area contributed by atoms with Gasteiger partial charge < -0.3 is 26.0 Å². The van der Waals surface area contributed by atoms with E-state index in [1.807, 2.05) is 17.9 Å². The molecule has 10 heteroatoms. The minimum absolute atomic E-state index is 0.0736. The first kappa shape index (κ1) is 25.9. The third kappa shape index (κ3) is 7.96. The number of aromatic nitrogens is 1. The van der Waals surface area contributed by atoms with Gasteiger partial charge in [-0.15, -0.1) is 11.3 Å². The Balaban J connectivity index is 1.55. The number of rotatable bonds is 11. The van der Waals surface area contributed by atoms with Gasteiger partial charge in [-0.25, -0.2) is 4.79 Å². The Bertz CT molecular complexity index is 914. The predicted octanol–water partition coefficient (Wildman–Crippen LogP) is 3.40. The summed E-state index contributed by atoms with van der Waals surface area (Å²) < 4.78 is 5.40. The van der Waals surface area contributed by atoms with Crippen LogP contribution in [0.3, 0.4) is 0 Å². The van der Waals surface area contributed by atoms with Crippen LogP contribution in [0.15, 0.2) is 29.1 Å². The maximum atomic E-state index is 12.9. The molecule has 0 aliphatic carbocycles. The number of hydrogen-bond donors (Lipinski definition) is 3. The van der Waals surface area contributed by atoms with Gasteiger partial charge in [0.1, 0.15) is 5.69 Å². The van der Waals surface area contributed by atoms with E-state index in [2.05, 4.69) is 27.4 Å². The van der Waals surface area contributed by atoms with Crippen LogP contribution in [0.5, 0.6) is 0 Å². The second kappa shape index (κ2) is 13.3. The van der Waals surface area contributed by atoms with Crippen molar-refractivity contribution in [1.82, 2.24) is 20.1 Å². The number of thiophene rings is 1. The second-order valence-corrected chi connectivity index (χ2v) is 9.33. The number of amides is 3. The van der Waals surface area contributed by atoms with E-state index in [9.17, 15) is 9.59 Å². The number of morpholine rings is 1. The van der Waals surface area contributed by atoms with Gasteiger partial charge in [0.05, 0.1) is 24.6 Å². The first-order valence-corrected chi connectivity index (χ1v) is 12.8. The van der Waals surface area contributed by atoms with E-state index >= 15 is 0 Å². The SMILES string of the molecule is CCC(C)NC(=O)N(CCCCN1CCOCC1)Cc1ccc(C(=O)Nc2cscc2N)nc1. The van der Waals surface area contributed by atoms with Crippen LogP contribution in [0.25, 0.3) is 0 Å². The molecule has 1 saturated heterocycles. The quantitative estimate of drug-likeness (QED) is 0.418. The van der Waals surface area contributed by atoms with Crippen molar-refractivity contribution in [1.29, 1.82) is 0 Å². The van der Waals surface area contributed by atoms with Crippen LogP contribution in [0, 0.1) is 0 Å². The van der Waals surface area contributed by atoms with Crippen LogP contribution in [0.1, 0.15) is 49.2 Å². The number of urea groups is 1. The number of nitrogens with one attached hydrogen (secondary N) is 2. The first-order valence-electron chi connectivity index (χ1n) is 11.9. The average Bonchev–Trinajstić information content (AvgIpc) is 3.25. The minimum Gasteiger partial charge on any atom is -0.396 e. The van der Waals surface area contributed by atoms with Crippen molar-refractivity contribution in [3.63, 3.8) is 0 Å². The van der Waals surface area contributed by atoms with Crippen LogP contribution < -0.4 is 16.4 Å². The topological polar surface area (TPSA) is 113 Å². The number of unbranched alkanes of at least 4 members (excludes halogenated alkanes) is 1.